The number of hydrogen-bond donors (Lipinski definition) is 2. The number of aromatic amines is 1. The van der Waals surface area contributed by atoms with Gasteiger partial charge in [-0.2, -0.15) is 0 Å². The standard InChI is InChI=1S/C22H25N5OS/c1-4-25(13-20-23-17-10-6-5-9-16(17)21(28)24-20)14-26-18-11-7-8-12-19(18)27(15(2)3)22(26)29/h5-12,15H,4,13-14H2,1-3H3,(H,23,24,28)/p+1. The zero-order chi connectivity index (χ0) is 20.5. The highest BCUT2D eigenvalue weighted by molar-refractivity contribution is 7.71. The van der Waals surface area contributed by atoms with Gasteiger partial charge in [0.1, 0.15) is 6.54 Å². The van der Waals surface area contributed by atoms with Crippen molar-refractivity contribution >= 4 is 34.2 Å². The number of fused-ring (bicyclic) bond motifs is 2. The van der Waals surface area contributed by atoms with Crippen molar-refractivity contribution in [2.45, 2.75) is 40.0 Å². The summed E-state index contributed by atoms with van der Waals surface area (Å²) in [7, 11) is 0. The molecule has 0 spiro atoms. The lowest BCUT2D eigenvalue weighted by Gasteiger charge is -2.18. The van der Waals surface area contributed by atoms with Crippen molar-refractivity contribution < 1.29 is 4.90 Å². The molecule has 2 heterocycles. The van der Waals surface area contributed by atoms with Crippen LogP contribution in [-0.4, -0.2) is 25.6 Å². The fourth-order valence-electron chi connectivity index (χ4n) is 3.86. The molecule has 29 heavy (non-hydrogen) atoms. The van der Waals surface area contributed by atoms with Gasteiger partial charge in [0.25, 0.3) is 5.56 Å². The van der Waals surface area contributed by atoms with Crippen molar-refractivity contribution in [3.05, 3.63) is 69.5 Å². The molecular formula is C22H26N5OS+. The molecule has 2 N–H and O–H groups in total. The molecule has 4 rings (SSSR count). The number of rotatable bonds is 6. The Morgan fingerprint density at radius 3 is 2.52 bits per heavy atom. The second-order valence-electron chi connectivity index (χ2n) is 7.63. The Morgan fingerprint density at radius 1 is 1.10 bits per heavy atom. The first-order valence-corrected chi connectivity index (χ1v) is 10.4. The van der Waals surface area contributed by atoms with E-state index in [0.717, 1.165) is 27.9 Å². The van der Waals surface area contributed by atoms with E-state index in [2.05, 4.69) is 58.1 Å². The van der Waals surface area contributed by atoms with Crippen molar-refractivity contribution in [1.29, 1.82) is 0 Å². The molecule has 0 aliphatic carbocycles. The number of hydrogen-bond acceptors (Lipinski definition) is 3. The van der Waals surface area contributed by atoms with Gasteiger partial charge in [0.2, 0.25) is 0 Å². The SMILES string of the molecule is CC[NH+](Cc1nc2ccccc2c(=O)[nH]1)Cn1c(=S)n(C(C)C)c2ccccc21. The lowest BCUT2D eigenvalue weighted by atomic mass is 10.2. The molecule has 0 fully saturated rings. The van der Waals surface area contributed by atoms with E-state index in [0.29, 0.717) is 24.4 Å². The van der Waals surface area contributed by atoms with Gasteiger partial charge < -0.3 is 14.5 Å². The van der Waals surface area contributed by atoms with Gasteiger partial charge in [-0.1, -0.05) is 24.3 Å². The minimum absolute atomic E-state index is 0.0888. The normalized spacial score (nSPS) is 12.8. The molecule has 0 aliphatic rings. The summed E-state index contributed by atoms with van der Waals surface area (Å²) in [5, 5.41) is 0.622. The molecule has 4 aromatic rings. The van der Waals surface area contributed by atoms with E-state index in [4.69, 9.17) is 12.2 Å². The number of nitrogens with one attached hydrogen (secondary N) is 2. The van der Waals surface area contributed by atoms with Crippen LogP contribution in [0.25, 0.3) is 21.9 Å². The molecule has 0 radical (unpaired) electrons. The number of H-pyrrole nitrogens is 1. The quantitative estimate of drug-likeness (QED) is 0.482. The number of para-hydroxylation sites is 3. The first kappa shape index (κ1) is 19.5. The molecule has 0 saturated carbocycles. The summed E-state index contributed by atoms with van der Waals surface area (Å²) in [5.41, 5.74) is 2.93. The van der Waals surface area contributed by atoms with E-state index in [9.17, 15) is 4.79 Å². The number of imidazole rings is 1. The highest BCUT2D eigenvalue weighted by atomic mass is 32.1. The van der Waals surface area contributed by atoms with Crippen LogP contribution in [0, 0.1) is 4.77 Å². The van der Waals surface area contributed by atoms with E-state index in [1.807, 2.05) is 24.3 Å². The van der Waals surface area contributed by atoms with Crippen molar-refractivity contribution in [2.24, 2.45) is 0 Å². The maximum atomic E-state index is 12.4. The van der Waals surface area contributed by atoms with Crippen LogP contribution in [0.15, 0.2) is 53.3 Å². The number of nitrogens with zero attached hydrogens (tertiary/aromatic N) is 3. The van der Waals surface area contributed by atoms with Gasteiger partial charge >= 0.3 is 0 Å². The van der Waals surface area contributed by atoms with Crippen molar-refractivity contribution in [3.8, 4) is 0 Å². The number of aromatic nitrogens is 4. The Kier molecular flexibility index (Phi) is 5.34. The second kappa shape index (κ2) is 7.93. The predicted molar refractivity (Wildman–Crippen MR) is 119 cm³/mol. The van der Waals surface area contributed by atoms with Crippen LogP contribution in [0.2, 0.25) is 0 Å². The van der Waals surface area contributed by atoms with Crippen LogP contribution < -0.4 is 10.5 Å². The van der Waals surface area contributed by atoms with E-state index < -0.39 is 0 Å². The predicted octanol–water partition coefficient (Wildman–Crippen LogP) is 3.05. The smallest absolute Gasteiger partial charge is 0.258 e. The van der Waals surface area contributed by atoms with Gasteiger partial charge in [-0.05, 0) is 57.3 Å². The zero-order valence-electron chi connectivity index (χ0n) is 17.0. The average molecular weight is 409 g/mol. The monoisotopic (exact) mass is 408 g/mol. The van der Waals surface area contributed by atoms with Gasteiger partial charge in [0.05, 0.1) is 28.5 Å². The van der Waals surface area contributed by atoms with Crippen LogP contribution in [0.4, 0.5) is 0 Å². The summed E-state index contributed by atoms with van der Waals surface area (Å²) < 4.78 is 5.23. The van der Waals surface area contributed by atoms with Crippen LogP contribution in [0.3, 0.4) is 0 Å². The lowest BCUT2D eigenvalue weighted by Crippen LogP contribution is -3.09. The van der Waals surface area contributed by atoms with E-state index >= 15 is 0 Å². The Balaban J connectivity index is 1.70. The lowest BCUT2D eigenvalue weighted by molar-refractivity contribution is -0.935. The van der Waals surface area contributed by atoms with Gasteiger partial charge in [0.15, 0.2) is 17.3 Å². The van der Waals surface area contributed by atoms with E-state index in [-0.39, 0.29) is 11.6 Å². The van der Waals surface area contributed by atoms with E-state index in [1.165, 1.54) is 4.90 Å². The summed E-state index contributed by atoms with van der Waals surface area (Å²) in [5.74, 6) is 0.699. The highest BCUT2D eigenvalue weighted by Crippen LogP contribution is 2.21. The Hall–Kier alpha value is -2.77. The Labute approximate surface area is 174 Å². The highest BCUT2D eigenvalue weighted by Gasteiger charge is 2.17. The van der Waals surface area contributed by atoms with Crippen LogP contribution in [0.1, 0.15) is 32.6 Å². The zero-order valence-corrected chi connectivity index (χ0v) is 17.8. The molecule has 2 aromatic heterocycles. The number of benzene rings is 2. The third kappa shape index (κ3) is 3.63. The molecule has 6 nitrogen and oxygen atoms in total. The molecule has 1 atom stereocenters. The van der Waals surface area contributed by atoms with Gasteiger partial charge in [-0.25, -0.2) is 4.98 Å². The van der Waals surface area contributed by atoms with Crippen LogP contribution >= 0.6 is 12.2 Å². The van der Waals surface area contributed by atoms with Crippen LogP contribution in [0.5, 0.6) is 0 Å². The first-order valence-electron chi connectivity index (χ1n) is 10.0. The first-order chi connectivity index (χ1) is 14.0. The fourth-order valence-corrected chi connectivity index (χ4v) is 4.33. The van der Waals surface area contributed by atoms with Crippen molar-refractivity contribution in [3.63, 3.8) is 0 Å². The summed E-state index contributed by atoms with van der Waals surface area (Å²) >= 11 is 5.82. The third-order valence-corrected chi connectivity index (χ3v) is 5.76. The minimum atomic E-state index is -0.0888. The maximum Gasteiger partial charge on any atom is 0.258 e. The number of quaternary nitrogens is 1. The summed E-state index contributed by atoms with van der Waals surface area (Å²) in [4.78, 5) is 21.3. The molecule has 2 aromatic carbocycles. The molecule has 150 valence electrons. The Morgan fingerprint density at radius 2 is 1.79 bits per heavy atom. The molecule has 0 saturated heterocycles. The molecule has 0 bridgehead atoms. The maximum absolute atomic E-state index is 12.4. The molecular weight excluding hydrogens is 382 g/mol. The van der Waals surface area contributed by atoms with E-state index in [1.54, 1.807) is 6.07 Å². The molecule has 0 amide bonds. The molecule has 0 aliphatic heterocycles. The van der Waals surface area contributed by atoms with Crippen molar-refractivity contribution in [1.82, 2.24) is 19.1 Å². The summed E-state index contributed by atoms with van der Waals surface area (Å²) in [6.45, 7) is 8.67. The Bertz CT molecular complexity index is 1280. The van der Waals surface area contributed by atoms with Crippen LogP contribution in [-0.2, 0) is 13.2 Å². The molecule has 7 heteroatoms. The topological polar surface area (TPSA) is 60.1 Å². The van der Waals surface area contributed by atoms with Crippen molar-refractivity contribution in [2.75, 3.05) is 6.54 Å². The van der Waals surface area contributed by atoms with Gasteiger partial charge in [-0.3, -0.25) is 9.36 Å². The fraction of sp³-hybridized carbons (Fsp3) is 0.318. The third-order valence-electron chi connectivity index (χ3n) is 5.35. The summed E-state index contributed by atoms with van der Waals surface area (Å²) in [6, 6.07) is 16.1. The molecule has 1 unspecified atom stereocenters. The second-order valence-corrected chi connectivity index (χ2v) is 8.00. The average Bonchev–Trinajstić information content (AvgIpc) is 2.99. The van der Waals surface area contributed by atoms with Gasteiger partial charge in [-0.15, -0.1) is 0 Å². The largest absolute Gasteiger partial charge is 0.314 e. The minimum Gasteiger partial charge on any atom is -0.314 e. The summed E-state index contributed by atoms with van der Waals surface area (Å²) in [6.07, 6.45) is 0. The van der Waals surface area contributed by atoms with Gasteiger partial charge in [0, 0.05) is 6.04 Å².